The van der Waals surface area contributed by atoms with Gasteiger partial charge in [-0.25, -0.2) is 4.98 Å². The van der Waals surface area contributed by atoms with Gasteiger partial charge in [0.1, 0.15) is 11.1 Å². The van der Waals surface area contributed by atoms with Crippen LogP contribution in [-0.4, -0.2) is 9.97 Å². The van der Waals surface area contributed by atoms with Crippen molar-refractivity contribution >= 4 is 43.5 Å². The largest absolute Gasteiger partial charge is 0.453 e. The van der Waals surface area contributed by atoms with Gasteiger partial charge in [0, 0.05) is 22.5 Å². The molecule has 0 aliphatic carbocycles. The maximum atomic E-state index is 6.44. The van der Waals surface area contributed by atoms with Crippen LogP contribution in [0.2, 0.25) is 0 Å². The van der Waals surface area contributed by atoms with E-state index in [1.807, 2.05) is 13.1 Å². The lowest BCUT2D eigenvalue weighted by atomic mass is 9.86. The number of hydrogen-bond acceptors (Lipinski definition) is 4. The average molecular weight is 401 g/mol. The monoisotopic (exact) mass is 400 g/mol. The minimum atomic E-state index is 0.225. The molecule has 4 heteroatoms. The minimum absolute atomic E-state index is 0.225. The molecule has 0 radical (unpaired) electrons. The average Bonchev–Trinajstić information content (AvgIpc) is 3.21. The van der Waals surface area contributed by atoms with E-state index in [2.05, 4.69) is 64.1 Å². The van der Waals surface area contributed by atoms with Gasteiger partial charge in [0.15, 0.2) is 5.58 Å². The molecular formula is C25H24N2OS. The van der Waals surface area contributed by atoms with Crippen molar-refractivity contribution in [2.45, 2.75) is 41.0 Å². The number of hydrogen-bond donors (Lipinski definition) is 0. The molecule has 3 heterocycles. The molecular weight excluding hydrogens is 376 g/mol. The Labute approximate surface area is 174 Å². The summed E-state index contributed by atoms with van der Waals surface area (Å²) in [6, 6.07) is 12.8. The highest BCUT2D eigenvalue weighted by Crippen LogP contribution is 2.39. The Bertz CT molecular complexity index is 1390. The predicted octanol–water partition coefficient (Wildman–Crippen LogP) is 7.46. The Morgan fingerprint density at radius 3 is 2.59 bits per heavy atom. The van der Waals surface area contributed by atoms with Gasteiger partial charge in [0.2, 0.25) is 0 Å². The van der Waals surface area contributed by atoms with Crippen molar-refractivity contribution in [2.75, 3.05) is 0 Å². The third kappa shape index (κ3) is 3.12. The first-order valence-corrected chi connectivity index (χ1v) is 10.8. The summed E-state index contributed by atoms with van der Waals surface area (Å²) >= 11 is 1.70. The van der Waals surface area contributed by atoms with E-state index in [1.165, 1.54) is 11.1 Å². The molecule has 3 nitrogen and oxygen atoms in total. The van der Waals surface area contributed by atoms with Crippen LogP contribution in [0, 0.1) is 19.3 Å². The van der Waals surface area contributed by atoms with Gasteiger partial charge in [-0.3, -0.25) is 4.98 Å². The molecule has 29 heavy (non-hydrogen) atoms. The molecule has 0 bridgehead atoms. The van der Waals surface area contributed by atoms with Crippen LogP contribution in [0.5, 0.6) is 0 Å². The molecule has 0 fully saturated rings. The number of furan rings is 1. The molecule has 5 rings (SSSR count). The van der Waals surface area contributed by atoms with Gasteiger partial charge >= 0.3 is 0 Å². The van der Waals surface area contributed by atoms with E-state index in [9.17, 15) is 0 Å². The lowest BCUT2D eigenvalue weighted by molar-refractivity contribution is 0.410. The summed E-state index contributed by atoms with van der Waals surface area (Å²) in [6.45, 7) is 11.0. The van der Waals surface area contributed by atoms with Crippen molar-refractivity contribution in [2.24, 2.45) is 5.41 Å². The van der Waals surface area contributed by atoms with Gasteiger partial charge < -0.3 is 4.42 Å². The first-order valence-electron chi connectivity index (χ1n) is 9.97. The number of aromatic nitrogens is 2. The van der Waals surface area contributed by atoms with Crippen LogP contribution in [0.3, 0.4) is 0 Å². The fourth-order valence-electron chi connectivity index (χ4n) is 4.03. The van der Waals surface area contributed by atoms with Crippen LogP contribution >= 0.6 is 11.3 Å². The predicted molar refractivity (Wildman–Crippen MR) is 123 cm³/mol. The van der Waals surface area contributed by atoms with Gasteiger partial charge in [-0.2, -0.15) is 0 Å². The second kappa shape index (κ2) is 6.39. The highest BCUT2D eigenvalue weighted by Gasteiger charge is 2.18. The third-order valence-corrected chi connectivity index (χ3v) is 6.28. The molecule has 0 spiro atoms. The Kier molecular flexibility index (Phi) is 4.04. The normalized spacial score (nSPS) is 12.4. The number of benzene rings is 2. The third-order valence-electron chi connectivity index (χ3n) is 5.34. The Morgan fingerprint density at radius 1 is 1.00 bits per heavy atom. The number of rotatable bonds is 2. The van der Waals surface area contributed by atoms with Crippen LogP contribution in [-0.2, 0) is 6.42 Å². The second-order valence-corrected chi connectivity index (χ2v) is 10.3. The lowest BCUT2D eigenvalue weighted by Gasteiger charge is -2.20. The Morgan fingerprint density at radius 2 is 1.79 bits per heavy atom. The summed E-state index contributed by atoms with van der Waals surface area (Å²) in [5.41, 5.74) is 7.52. The Hall–Kier alpha value is -2.72. The van der Waals surface area contributed by atoms with Crippen molar-refractivity contribution in [3.8, 4) is 11.3 Å². The van der Waals surface area contributed by atoms with E-state index >= 15 is 0 Å². The molecule has 2 aromatic carbocycles. The van der Waals surface area contributed by atoms with Crippen LogP contribution in [0.1, 0.15) is 36.9 Å². The van der Waals surface area contributed by atoms with Crippen molar-refractivity contribution in [3.63, 3.8) is 0 Å². The smallest absolute Gasteiger partial charge is 0.162 e. The second-order valence-electron chi connectivity index (χ2n) is 9.04. The van der Waals surface area contributed by atoms with Gasteiger partial charge in [-0.05, 0) is 61.1 Å². The van der Waals surface area contributed by atoms with E-state index in [-0.39, 0.29) is 5.41 Å². The first kappa shape index (κ1) is 18.3. The van der Waals surface area contributed by atoms with Crippen molar-refractivity contribution in [1.29, 1.82) is 0 Å². The number of para-hydroxylation sites is 1. The quantitative estimate of drug-likeness (QED) is 0.309. The van der Waals surface area contributed by atoms with Crippen LogP contribution < -0.4 is 0 Å². The first-order chi connectivity index (χ1) is 13.8. The van der Waals surface area contributed by atoms with E-state index in [4.69, 9.17) is 14.4 Å². The molecule has 0 amide bonds. The summed E-state index contributed by atoms with van der Waals surface area (Å²) in [6.07, 6.45) is 3.00. The zero-order valence-electron chi connectivity index (χ0n) is 17.5. The SMILES string of the molecule is Cc1nc2c(ccc3c4cccc(-c5cc(CC(C)(C)C)c(C)cn5)c4oc32)s1. The number of aryl methyl sites for hydroxylation is 2. The molecule has 3 aromatic heterocycles. The highest BCUT2D eigenvalue weighted by atomic mass is 32.1. The minimum Gasteiger partial charge on any atom is -0.453 e. The van der Waals surface area contributed by atoms with Gasteiger partial charge in [0.05, 0.1) is 15.4 Å². The van der Waals surface area contributed by atoms with Crippen molar-refractivity contribution in [1.82, 2.24) is 9.97 Å². The van der Waals surface area contributed by atoms with Crippen LogP contribution in [0.25, 0.3) is 43.4 Å². The molecule has 5 aromatic rings. The molecule has 0 atom stereocenters. The van der Waals surface area contributed by atoms with Crippen molar-refractivity contribution in [3.05, 3.63) is 58.7 Å². The summed E-state index contributed by atoms with van der Waals surface area (Å²) in [7, 11) is 0. The summed E-state index contributed by atoms with van der Waals surface area (Å²) in [4.78, 5) is 9.47. The van der Waals surface area contributed by atoms with Gasteiger partial charge in [-0.1, -0.05) is 32.9 Å². The number of nitrogens with zero attached hydrogens (tertiary/aromatic N) is 2. The summed E-state index contributed by atoms with van der Waals surface area (Å²) in [5, 5.41) is 3.28. The molecule has 0 unspecified atom stereocenters. The fourth-order valence-corrected chi connectivity index (χ4v) is 4.86. The molecule has 146 valence electrons. The highest BCUT2D eigenvalue weighted by molar-refractivity contribution is 7.18. The van der Waals surface area contributed by atoms with Gasteiger partial charge in [-0.15, -0.1) is 11.3 Å². The van der Waals surface area contributed by atoms with Crippen molar-refractivity contribution < 1.29 is 4.42 Å². The fraction of sp³-hybridized carbons (Fsp3) is 0.280. The number of fused-ring (bicyclic) bond motifs is 5. The number of pyridine rings is 1. The molecule has 0 aliphatic heterocycles. The number of thiazole rings is 1. The van der Waals surface area contributed by atoms with Crippen LogP contribution in [0.15, 0.2) is 47.0 Å². The van der Waals surface area contributed by atoms with Crippen LogP contribution in [0.4, 0.5) is 0 Å². The zero-order chi connectivity index (χ0) is 20.3. The summed E-state index contributed by atoms with van der Waals surface area (Å²) in [5.74, 6) is 0. The maximum Gasteiger partial charge on any atom is 0.162 e. The summed E-state index contributed by atoms with van der Waals surface area (Å²) < 4.78 is 7.60. The van der Waals surface area contributed by atoms with E-state index in [1.54, 1.807) is 11.3 Å². The molecule has 0 aliphatic rings. The lowest BCUT2D eigenvalue weighted by Crippen LogP contribution is -2.10. The molecule has 0 saturated carbocycles. The van der Waals surface area contributed by atoms with E-state index in [0.717, 1.165) is 54.8 Å². The maximum absolute atomic E-state index is 6.44. The zero-order valence-corrected chi connectivity index (χ0v) is 18.3. The molecule has 0 saturated heterocycles. The van der Waals surface area contributed by atoms with Gasteiger partial charge in [0.25, 0.3) is 0 Å². The van der Waals surface area contributed by atoms with E-state index in [0.29, 0.717) is 0 Å². The van der Waals surface area contributed by atoms with E-state index < -0.39 is 0 Å². The Balaban J connectivity index is 1.75. The topological polar surface area (TPSA) is 38.9 Å². The molecule has 0 N–H and O–H groups in total. The standard InChI is InChI=1S/C25H24N2OS/c1-14-13-26-20(11-16(14)12-25(3,4)5)19-8-6-7-17-18-9-10-21-22(27-15(2)29-21)24(18)28-23(17)19/h6-11,13H,12H2,1-5H3.